The van der Waals surface area contributed by atoms with E-state index >= 15 is 0 Å². The number of halogens is 1. The van der Waals surface area contributed by atoms with E-state index < -0.39 is 0 Å². The quantitative estimate of drug-likeness (QED) is 0.854. The van der Waals surface area contributed by atoms with Crippen LogP contribution in [0.3, 0.4) is 0 Å². The summed E-state index contributed by atoms with van der Waals surface area (Å²) >= 11 is 6.24. The number of carbonyl (C=O) groups excluding carboxylic acids is 1. The van der Waals surface area contributed by atoms with Gasteiger partial charge in [0.2, 0.25) is 5.91 Å². The molecule has 1 fully saturated rings. The topological polar surface area (TPSA) is 36.4 Å². The van der Waals surface area contributed by atoms with Crippen molar-refractivity contribution >= 4 is 28.4 Å². The van der Waals surface area contributed by atoms with E-state index in [4.69, 9.17) is 11.6 Å². The predicted octanol–water partition coefficient (Wildman–Crippen LogP) is 2.94. The van der Waals surface area contributed by atoms with E-state index in [1.807, 2.05) is 35.4 Å². The van der Waals surface area contributed by atoms with Crippen LogP contribution in [0.25, 0.3) is 10.9 Å². The summed E-state index contributed by atoms with van der Waals surface area (Å²) in [7, 11) is 0. The van der Waals surface area contributed by atoms with E-state index in [0.717, 1.165) is 60.6 Å². The molecule has 2 aromatic rings. The van der Waals surface area contributed by atoms with Crippen LogP contribution < -0.4 is 0 Å². The molecule has 1 amide bonds. The van der Waals surface area contributed by atoms with Gasteiger partial charge in [0, 0.05) is 56.3 Å². The molecule has 0 N–H and O–H groups in total. The normalized spacial score (nSPS) is 16.7. The lowest BCUT2D eigenvalue weighted by Crippen LogP contribution is -2.33. The van der Waals surface area contributed by atoms with Gasteiger partial charge in [-0.1, -0.05) is 17.7 Å². The van der Waals surface area contributed by atoms with Crippen molar-refractivity contribution in [1.29, 1.82) is 0 Å². The molecule has 22 heavy (non-hydrogen) atoms. The highest BCUT2D eigenvalue weighted by molar-refractivity contribution is 6.31. The Labute approximate surface area is 135 Å². The molecule has 1 aromatic carbocycles. The van der Waals surface area contributed by atoms with Crippen molar-refractivity contribution in [2.75, 3.05) is 26.2 Å². The van der Waals surface area contributed by atoms with Crippen molar-refractivity contribution in [2.24, 2.45) is 0 Å². The molecule has 0 bridgehead atoms. The Morgan fingerprint density at radius 3 is 2.95 bits per heavy atom. The van der Waals surface area contributed by atoms with Gasteiger partial charge in [-0.05, 0) is 30.2 Å². The van der Waals surface area contributed by atoms with Gasteiger partial charge < -0.3 is 4.90 Å². The highest BCUT2D eigenvalue weighted by Crippen LogP contribution is 2.23. The minimum absolute atomic E-state index is 0.164. The van der Waals surface area contributed by atoms with E-state index in [1.54, 1.807) is 6.92 Å². The maximum atomic E-state index is 11.5. The number of hydrogen-bond donors (Lipinski definition) is 0. The Hall–Kier alpha value is -1.65. The molecule has 0 atom stereocenters. The maximum absolute atomic E-state index is 11.5. The summed E-state index contributed by atoms with van der Waals surface area (Å²) in [5.74, 6) is 0.164. The summed E-state index contributed by atoms with van der Waals surface area (Å²) in [4.78, 5) is 20.3. The average Bonchev–Trinajstić information content (AvgIpc) is 2.73. The third-order valence-corrected chi connectivity index (χ3v) is 4.39. The molecule has 0 aliphatic carbocycles. The van der Waals surface area contributed by atoms with Crippen molar-refractivity contribution in [3.05, 3.63) is 41.0 Å². The van der Waals surface area contributed by atoms with Crippen LogP contribution >= 0.6 is 11.6 Å². The highest BCUT2D eigenvalue weighted by Gasteiger charge is 2.17. The Bertz CT molecular complexity index is 689. The first-order chi connectivity index (χ1) is 10.6. The number of fused-ring (bicyclic) bond motifs is 1. The van der Waals surface area contributed by atoms with Crippen molar-refractivity contribution < 1.29 is 4.79 Å². The zero-order chi connectivity index (χ0) is 15.5. The molecule has 0 radical (unpaired) electrons. The molecule has 1 aliphatic rings. The van der Waals surface area contributed by atoms with E-state index in [1.165, 1.54) is 0 Å². The molecule has 0 unspecified atom stereocenters. The number of nitrogens with zero attached hydrogens (tertiary/aromatic N) is 3. The SMILES string of the molecule is CC(=O)N1CCCN(Cc2cc(Cl)cc3cccnc23)CC1. The first-order valence-electron chi connectivity index (χ1n) is 7.64. The molecule has 1 aliphatic heterocycles. The summed E-state index contributed by atoms with van der Waals surface area (Å²) in [5, 5.41) is 1.82. The summed E-state index contributed by atoms with van der Waals surface area (Å²) in [6.45, 7) is 5.98. The summed E-state index contributed by atoms with van der Waals surface area (Å²) in [5.41, 5.74) is 2.17. The van der Waals surface area contributed by atoms with Crippen LogP contribution in [0.15, 0.2) is 30.5 Å². The molecule has 4 nitrogen and oxygen atoms in total. The van der Waals surface area contributed by atoms with E-state index in [9.17, 15) is 4.79 Å². The number of amides is 1. The fourth-order valence-electron chi connectivity index (χ4n) is 3.03. The van der Waals surface area contributed by atoms with Crippen LogP contribution in [0.4, 0.5) is 0 Å². The van der Waals surface area contributed by atoms with Gasteiger partial charge in [-0.25, -0.2) is 0 Å². The smallest absolute Gasteiger partial charge is 0.219 e. The highest BCUT2D eigenvalue weighted by atomic mass is 35.5. The zero-order valence-electron chi connectivity index (χ0n) is 12.8. The largest absolute Gasteiger partial charge is 0.342 e. The van der Waals surface area contributed by atoms with Gasteiger partial charge >= 0.3 is 0 Å². The van der Waals surface area contributed by atoms with Crippen molar-refractivity contribution in [1.82, 2.24) is 14.8 Å². The van der Waals surface area contributed by atoms with Crippen molar-refractivity contribution in [2.45, 2.75) is 19.9 Å². The van der Waals surface area contributed by atoms with Gasteiger partial charge in [0.1, 0.15) is 0 Å². The standard InChI is InChI=1S/C17H20ClN3O/c1-13(22)21-7-3-6-20(8-9-21)12-15-11-16(18)10-14-4-2-5-19-17(14)15/h2,4-5,10-11H,3,6-9,12H2,1H3. The van der Waals surface area contributed by atoms with Crippen LogP contribution in [0.2, 0.25) is 5.02 Å². The van der Waals surface area contributed by atoms with Gasteiger partial charge in [0.15, 0.2) is 0 Å². The molecule has 5 heteroatoms. The maximum Gasteiger partial charge on any atom is 0.219 e. The minimum Gasteiger partial charge on any atom is -0.342 e. The predicted molar refractivity (Wildman–Crippen MR) is 88.9 cm³/mol. The van der Waals surface area contributed by atoms with Crippen LogP contribution in [0.5, 0.6) is 0 Å². The lowest BCUT2D eigenvalue weighted by molar-refractivity contribution is -0.128. The van der Waals surface area contributed by atoms with Crippen LogP contribution in [-0.2, 0) is 11.3 Å². The molecule has 0 saturated carbocycles. The van der Waals surface area contributed by atoms with E-state index in [-0.39, 0.29) is 5.91 Å². The Morgan fingerprint density at radius 2 is 2.14 bits per heavy atom. The summed E-state index contributed by atoms with van der Waals surface area (Å²) in [6, 6.07) is 7.93. The average molecular weight is 318 g/mol. The second-order valence-corrected chi connectivity index (χ2v) is 6.21. The molecule has 1 aromatic heterocycles. The Kier molecular flexibility index (Phi) is 4.60. The second-order valence-electron chi connectivity index (χ2n) is 5.78. The number of aromatic nitrogens is 1. The number of pyridine rings is 1. The van der Waals surface area contributed by atoms with Gasteiger partial charge in [-0.15, -0.1) is 0 Å². The molecule has 116 valence electrons. The van der Waals surface area contributed by atoms with Crippen LogP contribution in [-0.4, -0.2) is 46.9 Å². The molecular formula is C17H20ClN3O. The fraction of sp³-hybridized carbons (Fsp3) is 0.412. The lowest BCUT2D eigenvalue weighted by atomic mass is 10.1. The minimum atomic E-state index is 0.164. The third kappa shape index (κ3) is 3.39. The summed E-state index contributed by atoms with van der Waals surface area (Å²) in [6.07, 6.45) is 2.82. The molecule has 0 spiro atoms. The van der Waals surface area contributed by atoms with Gasteiger partial charge in [-0.2, -0.15) is 0 Å². The Balaban J connectivity index is 1.80. The Morgan fingerprint density at radius 1 is 1.27 bits per heavy atom. The van der Waals surface area contributed by atoms with Crippen LogP contribution in [0.1, 0.15) is 18.9 Å². The van der Waals surface area contributed by atoms with E-state index in [0.29, 0.717) is 0 Å². The van der Waals surface area contributed by atoms with E-state index in [2.05, 4.69) is 9.88 Å². The zero-order valence-corrected chi connectivity index (χ0v) is 13.5. The number of benzene rings is 1. The van der Waals surface area contributed by atoms with Crippen LogP contribution in [0, 0.1) is 0 Å². The van der Waals surface area contributed by atoms with Gasteiger partial charge in [0.05, 0.1) is 5.52 Å². The molecule has 3 rings (SSSR count). The van der Waals surface area contributed by atoms with Gasteiger partial charge in [-0.3, -0.25) is 14.7 Å². The van der Waals surface area contributed by atoms with Gasteiger partial charge in [0.25, 0.3) is 0 Å². The first-order valence-corrected chi connectivity index (χ1v) is 8.02. The monoisotopic (exact) mass is 317 g/mol. The summed E-state index contributed by atoms with van der Waals surface area (Å²) < 4.78 is 0. The van der Waals surface area contributed by atoms with Crippen molar-refractivity contribution in [3.63, 3.8) is 0 Å². The molecule has 2 heterocycles. The third-order valence-electron chi connectivity index (χ3n) is 4.18. The number of hydrogen-bond acceptors (Lipinski definition) is 3. The lowest BCUT2D eigenvalue weighted by Gasteiger charge is -2.21. The second kappa shape index (κ2) is 6.63. The molecular weight excluding hydrogens is 298 g/mol. The number of carbonyl (C=O) groups is 1. The van der Waals surface area contributed by atoms with Crippen molar-refractivity contribution in [3.8, 4) is 0 Å². The number of rotatable bonds is 2. The first kappa shape index (κ1) is 15.3. The fourth-order valence-corrected chi connectivity index (χ4v) is 3.28. The molecule has 1 saturated heterocycles.